The smallest absolute Gasteiger partial charge is 0.246 e. The lowest BCUT2D eigenvalue weighted by molar-refractivity contribution is -0.127. The van der Waals surface area contributed by atoms with E-state index in [2.05, 4.69) is 53.4 Å². The Morgan fingerprint density at radius 2 is 1.29 bits per heavy atom. The molecule has 1 amide bonds. The van der Waals surface area contributed by atoms with Gasteiger partial charge in [-0.25, -0.2) is 8.42 Å². The summed E-state index contributed by atoms with van der Waals surface area (Å²) in [7, 11) is -3.53. The van der Waals surface area contributed by atoms with E-state index in [4.69, 9.17) is 4.74 Å². The number of piperazine rings is 1. The van der Waals surface area contributed by atoms with Crippen LogP contribution in [-0.2, 0) is 19.6 Å². The molecular weight excluding hydrogens is 498 g/mol. The van der Waals surface area contributed by atoms with Crippen LogP contribution in [0, 0.1) is 0 Å². The van der Waals surface area contributed by atoms with Gasteiger partial charge in [-0.1, -0.05) is 72.8 Å². The minimum Gasteiger partial charge on any atom is -0.379 e. The number of carbonyl (C=O) groups is 1. The SMILES string of the molecule is O=C(/C=C/c1ccc(S(=O)(=O)N2CCOCC2)cc1)N1CCN(C(c2ccccc2)c2ccccc2)CC1. The number of nitrogens with zero attached hydrogens (tertiary/aromatic N) is 3. The summed E-state index contributed by atoms with van der Waals surface area (Å²) < 4.78 is 32.3. The van der Waals surface area contributed by atoms with Crippen molar-refractivity contribution in [2.45, 2.75) is 10.9 Å². The van der Waals surface area contributed by atoms with E-state index in [9.17, 15) is 13.2 Å². The maximum absolute atomic E-state index is 12.9. The molecule has 0 N–H and O–H groups in total. The number of amides is 1. The average molecular weight is 532 g/mol. The quantitative estimate of drug-likeness (QED) is 0.436. The zero-order valence-corrected chi connectivity index (χ0v) is 22.2. The van der Waals surface area contributed by atoms with Crippen molar-refractivity contribution < 1.29 is 17.9 Å². The van der Waals surface area contributed by atoms with Crippen molar-refractivity contribution in [1.82, 2.24) is 14.1 Å². The highest BCUT2D eigenvalue weighted by atomic mass is 32.2. The molecule has 0 atom stereocenters. The van der Waals surface area contributed by atoms with E-state index in [0.29, 0.717) is 39.4 Å². The molecule has 2 heterocycles. The first-order chi connectivity index (χ1) is 18.5. The van der Waals surface area contributed by atoms with Crippen LogP contribution in [0.15, 0.2) is 95.9 Å². The number of rotatable bonds is 7. The van der Waals surface area contributed by atoms with Gasteiger partial charge in [0.1, 0.15) is 0 Å². The second-order valence-electron chi connectivity index (χ2n) is 9.50. The number of hydrogen-bond donors (Lipinski definition) is 0. The van der Waals surface area contributed by atoms with Crippen molar-refractivity contribution in [3.63, 3.8) is 0 Å². The van der Waals surface area contributed by atoms with Crippen molar-refractivity contribution in [1.29, 1.82) is 0 Å². The lowest BCUT2D eigenvalue weighted by Crippen LogP contribution is -2.49. The van der Waals surface area contributed by atoms with Crippen molar-refractivity contribution in [2.75, 3.05) is 52.5 Å². The molecule has 7 nitrogen and oxygen atoms in total. The third kappa shape index (κ3) is 6.05. The molecule has 2 fully saturated rings. The van der Waals surface area contributed by atoms with Gasteiger partial charge in [-0.15, -0.1) is 0 Å². The Bertz CT molecular complexity index is 1290. The summed E-state index contributed by atoms with van der Waals surface area (Å²) in [5.41, 5.74) is 3.28. The Hall–Kier alpha value is -3.30. The van der Waals surface area contributed by atoms with Gasteiger partial charge in [0.05, 0.1) is 24.2 Å². The average Bonchev–Trinajstić information content (AvgIpc) is 2.98. The van der Waals surface area contributed by atoms with Crippen LogP contribution < -0.4 is 0 Å². The van der Waals surface area contributed by atoms with Crippen LogP contribution in [-0.4, -0.2) is 80.9 Å². The van der Waals surface area contributed by atoms with Crippen LogP contribution in [0.3, 0.4) is 0 Å². The minimum atomic E-state index is -3.53. The molecule has 2 saturated heterocycles. The zero-order valence-electron chi connectivity index (χ0n) is 21.4. The third-order valence-corrected chi connectivity index (χ3v) is 9.04. The van der Waals surface area contributed by atoms with Gasteiger partial charge in [0.25, 0.3) is 0 Å². The molecule has 3 aromatic carbocycles. The summed E-state index contributed by atoms with van der Waals surface area (Å²) in [6.07, 6.45) is 3.32. The Kier molecular flexibility index (Phi) is 8.34. The molecule has 2 aliphatic rings. The molecule has 38 heavy (non-hydrogen) atoms. The van der Waals surface area contributed by atoms with Crippen molar-refractivity contribution in [3.8, 4) is 0 Å². The summed E-state index contributed by atoms with van der Waals surface area (Å²) >= 11 is 0. The number of hydrogen-bond acceptors (Lipinski definition) is 5. The summed E-state index contributed by atoms with van der Waals surface area (Å²) in [5, 5.41) is 0. The van der Waals surface area contributed by atoms with Crippen molar-refractivity contribution >= 4 is 22.0 Å². The second-order valence-corrected chi connectivity index (χ2v) is 11.4. The Morgan fingerprint density at radius 1 is 0.737 bits per heavy atom. The molecule has 0 aliphatic carbocycles. The van der Waals surface area contributed by atoms with Crippen LogP contribution in [0.5, 0.6) is 0 Å². The normalized spacial score (nSPS) is 17.8. The summed E-state index contributed by atoms with van der Waals surface area (Å²) in [5.74, 6) is -0.0364. The van der Waals surface area contributed by atoms with Gasteiger partial charge in [0.2, 0.25) is 15.9 Å². The third-order valence-electron chi connectivity index (χ3n) is 7.13. The van der Waals surface area contributed by atoms with Crippen LogP contribution >= 0.6 is 0 Å². The van der Waals surface area contributed by atoms with Crippen molar-refractivity contribution in [3.05, 3.63) is 108 Å². The number of ether oxygens (including phenoxy) is 1. The van der Waals surface area contributed by atoms with E-state index in [1.807, 2.05) is 17.0 Å². The van der Waals surface area contributed by atoms with E-state index in [-0.39, 0.29) is 16.8 Å². The van der Waals surface area contributed by atoms with E-state index in [0.717, 1.165) is 18.7 Å². The molecule has 0 bridgehead atoms. The molecule has 0 unspecified atom stereocenters. The molecule has 2 aliphatic heterocycles. The Labute approximate surface area is 225 Å². The van der Waals surface area contributed by atoms with Gasteiger partial charge < -0.3 is 9.64 Å². The first-order valence-corrected chi connectivity index (χ1v) is 14.5. The zero-order chi connectivity index (χ0) is 26.4. The fourth-order valence-corrected chi connectivity index (χ4v) is 6.45. The van der Waals surface area contributed by atoms with E-state index < -0.39 is 10.0 Å². The molecule has 8 heteroatoms. The van der Waals surface area contributed by atoms with Gasteiger partial charge in [-0.3, -0.25) is 9.69 Å². The first-order valence-electron chi connectivity index (χ1n) is 13.0. The summed E-state index contributed by atoms with van der Waals surface area (Å²) in [6, 6.07) is 27.8. The van der Waals surface area contributed by atoms with Crippen LogP contribution in [0.2, 0.25) is 0 Å². The summed E-state index contributed by atoms with van der Waals surface area (Å²) in [6.45, 7) is 4.41. The maximum atomic E-state index is 12.9. The lowest BCUT2D eigenvalue weighted by atomic mass is 9.96. The standard InChI is InChI=1S/C30H33N3O4S/c34-29(16-13-25-11-14-28(15-12-25)38(35,36)33-21-23-37-24-22-33)31-17-19-32(20-18-31)30(26-7-3-1-4-8-26)27-9-5-2-6-10-27/h1-16,30H,17-24H2/b16-13+. The fraction of sp³-hybridized carbons (Fsp3) is 0.300. The predicted molar refractivity (Wildman–Crippen MR) is 148 cm³/mol. The van der Waals surface area contributed by atoms with Crippen LogP contribution in [0.1, 0.15) is 22.7 Å². The molecule has 5 rings (SSSR count). The lowest BCUT2D eigenvalue weighted by Gasteiger charge is -2.39. The molecule has 0 radical (unpaired) electrons. The monoisotopic (exact) mass is 531 g/mol. The molecule has 3 aromatic rings. The number of sulfonamides is 1. The highest BCUT2D eigenvalue weighted by Gasteiger charge is 2.28. The topological polar surface area (TPSA) is 70.2 Å². The molecule has 0 saturated carbocycles. The highest BCUT2D eigenvalue weighted by Crippen LogP contribution is 2.29. The van der Waals surface area contributed by atoms with Gasteiger partial charge in [-0.2, -0.15) is 4.31 Å². The van der Waals surface area contributed by atoms with Gasteiger partial charge in [0.15, 0.2) is 0 Å². The van der Waals surface area contributed by atoms with E-state index in [1.54, 1.807) is 36.4 Å². The van der Waals surface area contributed by atoms with E-state index in [1.165, 1.54) is 15.4 Å². The van der Waals surface area contributed by atoms with Gasteiger partial charge in [-0.05, 0) is 34.9 Å². The number of carbonyl (C=O) groups excluding carboxylic acids is 1. The predicted octanol–water partition coefficient (Wildman–Crippen LogP) is 3.65. The van der Waals surface area contributed by atoms with Gasteiger partial charge in [0, 0.05) is 45.3 Å². The maximum Gasteiger partial charge on any atom is 0.246 e. The number of benzene rings is 3. The largest absolute Gasteiger partial charge is 0.379 e. The summed E-state index contributed by atoms with van der Waals surface area (Å²) in [4.78, 5) is 17.5. The Balaban J connectivity index is 1.20. The van der Waals surface area contributed by atoms with Gasteiger partial charge >= 0.3 is 0 Å². The molecule has 198 valence electrons. The van der Waals surface area contributed by atoms with Crippen molar-refractivity contribution in [2.24, 2.45) is 0 Å². The molecular formula is C30H33N3O4S. The molecule has 0 spiro atoms. The van der Waals surface area contributed by atoms with Crippen LogP contribution in [0.25, 0.3) is 6.08 Å². The first kappa shape index (κ1) is 26.3. The Morgan fingerprint density at radius 3 is 1.84 bits per heavy atom. The minimum absolute atomic E-state index is 0.0364. The van der Waals surface area contributed by atoms with Crippen LogP contribution in [0.4, 0.5) is 0 Å². The highest BCUT2D eigenvalue weighted by molar-refractivity contribution is 7.89. The second kappa shape index (κ2) is 12.0. The fourth-order valence-electron chi connectivity index (χ4n) is 5.05. The number of morpholine rings is 1. The van der Waals surface area contributed by atoms with E-state index >= 15 is 0 Å². The molecule has 0 aromatic heterocycles.